The summed E-state index contributed by atoms with van der Waals surface area (Å²) in [6.45, 7) is 0. The molecule has 51 valence electrons. The van der Waals surface area contributed by atoms with Crippen LogP contribution in [0.3, 0.4) is 0 Å². The van der Waals surface area contributed by atoms with Crippen molar-refractivity contribution in [1.82, 2.24) is 0 Å². The number of carbonyl (C=O) groups excluding carboxylic acids is 1. The van der Waals surface area contributed by atoms with Crippen LogP contribution in [0.15, 0.2) is 0 Å². The first-order chi connectivity index (χ1) is 4.04. The SMILES string of the molecule is [O]C(=O)C(O)CC(=O)O. The quantitative estimate of drug-likeness (QED) is 0.504. The molecule has 0 spiro atoms. The lowest BCUT2D eigenvalue weighted by Crippen LogP contribution is -2.21. The third kappa shape index (κ3) is 3.48. The number of aliphatic carboxylic acids is 1. The Hall–Kier alpha value is -1.10. The van der Waals surface area contributed by atoms with Gasteiger partial charge >= 0.3 is 11.9 Å². The molecule has 0 heterocycles. The third-order valence-corrected chi connectivity index (χ3v) is 0.640. The maximum Gasteiger partial charge on any atom is 0.384 e. The van der Waals surface area contributed by atoms with Crippen LogP contribution < -0.4 is 0 Å². The molecule has 0 amide bonds. The summed E-state index contributed by atoms with van der Waals surface area (Å²) < 4.78 is 0. The molecule has 1 atom stereocenters. The van der Waals surface area contributed by atoms with Gasteiger partial charge in [-0.05, 0) is 0 Å². The van der Waals surface area contributed by atoms with Crippen molar-refractivity contribution in [2.45, 2.75) is 12.5 Å². The Morgan fingerprint density at radius 2 is 1.89 bits per heavy atom. The Kier molecular flexibility index (Phi) is 2.66. The zero-order valence-corrected chi connectivity index (χ0v) is 4.40. The van der Waals surface area contributed by atoms with E-state index in [1.54, 1.807) is 0 Å². The molecule has 0 fully saturated rings. The molecule has 0 aromatic carbocycles. The summed E-state index contributed by atoms with van der Waals surface area (Å²) in [6, 6.07) is 0. The number of hydrogen-bond donors (Lipinski definition) is 2. The zero-order chi connectivity index (χ0) is 7.44. The standard InChI is InChI=1S/C4H5O5/c5-2(4(8)9)1-3(6)7/h2,5H,1H2,(H,6,7). The van der Waals surface area contributed by atoms with E-state index in [-0.39, 0.29) is 0 Å². The molecule has 9 heavy (non-hydrogen) atoms. The molecule has 2 N–H and O–H groups in total. The summed E-state index contributed by atoms with van der Waals surface area (Å²) >= 11 is 0. The molecule has 0 aromatic rings. The van der Waals surface area contributed by atoms with Crippen LogP contribution in [-0.4, -0.2) is 28.3 Å². The topological polar surface area (TPSA) is 94.5 Å². The second kappa shape index (κ2) is 3.03. The number of aliphatic hydroxyl groups excluding tert-OH is 1. The van der Waals surface area contributed by atoms with E-state index in [9.17, 15) is 14.7 Å². The predicted molar refractivity (Wildman–Crippen MR) is 24.0 cm³/mol. The molecule has 1 radical (unpaired) electrons. The first-order valence-electron chi connectivity index (χ1n) is 2.14. The molecule has 1 unspecified atom stereocenters. The summed E-state index contributed by atoms with van der Waals surface area (Å²) in [6.07, 6.45) is -2.72. The van der Waals surface area contributed by atoms with Gasteiger partial charge in [-0.15, -0.1) is 0 Å². The lowest BCUT2D eigenvalue weighted by molar-refractivity contribution is -0.157. The van der Waals surface area contributed by atoms with Gasteiger partial charge in [0, 0.05) is 0 Å². The van der Waals surface area contributed by atoms with Crippen LogP contribution in [0.25, 0.3) is 0 Å². The molecule has 0 aliphatic rings. The molecule has 0 aliphatic heterocycles. The largest absolute Gasteiger partial charge is 0.481 e. The molecule has 5 nitrogen and oxygen atoms in total. The van der Waals surface area contributed by atoms with E-state index in [4.69, 9.17) is 10.2 Å². The van der Waals surface area contributed by atoms with Crippen molar-refractivity contribution in [2.75, 3.05) is 0 Å². The van der Waals surface area contributed by atoms with E-state index in [0.29, 0.717) is 0 Å². The smallest absolute Gasteiger partial charge is 0.384 e. The first-order valence-corrected chi connectivity index (χ1v) is 2.14. The molecule has 5 heteroatoms. The van der Waals surface area contributed by atoms with Gasteiger partial charge < -0.3 is 10.2 Å². The summed E-state index contributed by atoms with van der Waals surface area (Å²) in [5.41, 5.74) is 0. The van der Waals surface area contributed by atoms with Gasteiger partial charge in [0.2, 0.25) is 0 Å². The fourth-order valence-electron chi connectivity index (χ4n) is 0.249. The maximum absolute atomic E-state index is 9.66. The van der Waals surface area contributed by atoms with Crippen LogP contribution in [0.2, 0.25) is 0 Å². The van der Waals surface area contributed by atoms with Gasteiger partial charge in [0.1, 0.15) is 0 Å². The molecule has 0 saturated carbocycles. The van der Waals surface area contributed by atoms with E-state index in [2.05, 4.69) is 0 Å². The Morgan fingerprint density at radius 3 is 2.00 bits per heavy atom. The van der Waals surface area contributed by atoms with Crippen molar-refractivity contribution in [3.8, 4) is 0 Å². The molecule has 0 aliphatic carbocycles. The zero-order valence-electron chi connectivity index (χ0n) is 4.40. The highest BCUT2D eigenvalue weighted by molar-refractivity contribution is 5.78. The number of rotatable bonds is 3. The van der Waals surface area contributed by atoms with Crippen molar-refractivity contribution in [3.63, 3.8) is 0 Å². The fraction of sp³-hybridized carbons (Fsp3) is 0.500. The van der Waals surface area contributed by atoms with Gasteiger partial charge in [-0.3, -0.25) is 4.79 Å². The van der Waals surface area contributed by atoms with Crippen LogP contribution in [0.1, 0.15) is 6.42 Å². The molecule has 0 saturated heterocycles. The van der Waals surface area contributed by atoms with Crippen molar-refractivity contribution >= 4 is 11.9 Å². The van der Waals surface area contributed by atoms with Crippen molar-refractivity contribution in [3.05, 3.63) is 0 Å². The average molecular weight is 133 g/mol. The molecular weight excluding hydrogens is 128 g/mol. The number of carbonyl (C=O) groups is 2. The number of carboxylic acid groups (broad SMARTS) is 1. The van der Waals surface area contributed by atoms with Crippen molar-refractivity contribution in [1.29, 1.82) is 0 Å². The second-order valence-electron chi connectivity index (χ2n) is 1.43. The minimum Gasteiger partial charge on any atom is -0.481 e. The molecule has 0 bridgehead atoms. The Bertz CT molecular complexity index is 129. The summed E-state index contributed by atoms with van der Waals surface area (Å²) in [4.78, 5) is 19.3. The molecule has 0 aromatic heterocycles. The van der Waals surface area contributed by atoms with Gasteiger partial charge in [0.15, 0.2) is 6.10 Å². The lowest BCUT2D eigenvalue weighted by atomic mass is 10.3. The van der Waals surface area contributed by atoms with E-state index < -0.39 is 24.5 Å². The van der Waals surface area contributed by atoms with Gasteiger partial charge in [0.05, 0.1) is 6.42 Å². The predicted octanol–water partition coefficient (Wildman–Crippen LogP) is -1.22. The second-order valence-corrected chi connectivity index (χ2v) is 1.43. The average Bonchev–Trinajstić information content (AvgIpc) is 1.63. The van der Waals surface area contributed by atoms with Gasteiger partial charge in [-0.1, -0.05) is 0 Å². The lowest BCUT2D eigenvalue weighted by Gasteiger charge is -1.95. The van der Waals surface area contributed by atoms with E-state index in [1.807, 2.05) is 0 Å². The Labute approximate surface area is 50.5 Å². The maximum atomic E-state index is 9.66. The van der Waals surface area contributed by atoms with Crippen molar-refractivity contribution < 1.29 is 24.9 Å². The Balaban J connectivity index is 3.63. The summed E-state index contributed by atoms with van der Waals surface area (Å²) in [7, 11) is 0. The van der Waals surface area contributed by atoms with E-state index >= 15 is 0 Å². The van der Waals surface area contributed by atoms with Crippen LogP contribution in [0.5, 0.6) is 0 Å². The summed E-state index contributed by atoms with van der Waals surface area (Å²) in [5, 5.41) is 25.7. The normalized spacial score (nSPS) is 12.6. The highest BCUT2D eigenvalue weighted by Gasteiger charge is 2.18. The van der Waals surface area contributed by atoms with Gasteiger partial charge in [-0.25, -0.2) is 9.90 Å². The number of carboxylic acids is 1. The van der Waals surface area contributed by atoms with Crippen LogP contribution in [-0.2, 0) is 14.7 Å². The molecular formula is C4H5O5. The first kappa shape index (κ1) is 7.90. The minimum absolute atomic E-state index is 0.817. The summed E-state index contributed by atoms with van der Waals surface area (Å²) in [5.74, 6) is -3.14. The fourth-order valence-corrected chi connectivity index (χ4v) is 0.249. The third-order valence-electron chi connectivity index (χ3n) is 0.640. The van der Waals surface area contributed by atoms with Gasteiger partial charge in [0.25, 0.3) is 0 Å². The minimum atomic E-state index is -1.90. The van der Waals surface area contributed by atoms with Crippen LogP contribution in [0, 0.1) is 0 Å². The number of aliphatic hydroxyl groups is 1. The van der Waals surface area contributed by atoms with Crippen LogP contribution in [0.4, 0.5) is 0 Å². The van der Waals surface area contributed by atoms with Gasteiger partial charge in [-0.2, -0.15) is 0 Å². The molecule has 0 rings (SSSR count). The van der Waals surface area contributed by atoms with E-state index in [1.165, 1.54) is 0 Å². The highest BCUT2D eigenvalue weighted by atomic mass is 16.4. The van der Waals surface area contributed by atoms with Crippen LogP contribution >= 0.6 is 0 Å². The monoisotopic (exact) mass is 133 g/mol. The highest BCUT2D eigenvalue weighted by Crippen LogP contribution is 1.90. The number of hydrogen-bond acceptors (Lipinski definition) is 3. The van der Waals surface area contributed by atoms with Crippen molar-refractivity contribution in [2.24, 2.45) is 0 Å². The Morgan fingerprint density at radius 1 is 1.44 bits per heavy atom. The van der Waals surface area contributed by atoms with E-state index in [0.717, 1.165) is 0 Å².